The molecule has 1 heterocycles. The van der Waals surface area contributed by atoms with Gasteiger partial charge in [-0.25, -0.2) is 9.37 Å². The minimum Gasteiger partial charge on any atom is -0.373 e. The van der Waals surface area contributed by atoms with E-state index < -0.39 is 0 Å². The van der Waals surface area contributed by atoms with Crippen LogP contribution in [0.1, 0.15) is 18.9 Å². The second-order valence-electron chi connectivity index (χ2n) is 3.96. The van der Waals surface area contributed by atoms with Gasteiger partial charge in [-0.05, 0) is 30.2 Å². The number of anilines is 1. The molecule has 2 rings (SSSR count). The highest BCUT2D eigenvalue weighted by Gasteiger charge is 2.09. The van der Waals surface area contributed by atoms with Gasteiger partial charge >= 0.3 is 0 Å². The Hall–Kier alpha value is -1.16. The van der Waals surface area contributed by atoms with E-state index in [0.717, 1.165) is 34.1 Å². The van der Waals surface area contributed by atoms with Gasteiger partial charge in [0.05, 0.1) is 0 Å². The fraction of sp³-hybridized carbons (Fsp3) is 0.308. The summed E-state index contributed by atoms with van der Waals surface area (Å²) in [5.41, 5.74) is 1.54. The van der Waals surface area contributed by atoms with E-state index in [1.54, 1.807) is 0 Å². The third kappa shape index (κ3) is 2.41. The first-order chi connectivity index (χ1) is 8.15. The SMILES string of the molecule is CCCc1cc2cc(Br)cc(F)c2nc1NC. The lowest BCUT2D eigenvalue weighted by Crippen LogP contribution is -2.00. The number of rotatable bonds is 3. The predicted molar refractivity (Wildman–Crippen MR) is 72.9 cm³/mol. The molecule has 0 saturated heterocycles. The van der Waals surface area contributed by atoms with Gasteiger partial charge in [0, 0.05) is 16.9 Å². The van der Waals surface area contributed by atoms with Crippen LogP contribution >= 0.6 is 15.9 Å². The summed E-state index contributed by atoms with van der Waals surface area (Å²) in [5.74, 6) is 0.467. The summed E-state index contributed by atoms with van der Waals surface area (Å²) in [4.78, 5) is 4.35. The van der Waals surface area contributed by atoms with Crippen molar-refractivity contribution in [1.29, 1.82) is 0 Å². The zero-order valence-corrected chi connectivity index (χ0v) is 11.4. The topological polar surface area (TPSA) is 24.9 Å². The van der Waals surface area contributed by atoms with E-state index in [1.165, 1.54) is 6.07 Å². The van der Waals surface area contributed by atoms with Gasteiger partial charge < -0.3 is 5.32 Å². The lowest BCUT2D eigenvalue weighted by molar-refractivity contribution is 0.636. The van der Waals surface area contributed by atoms with Gasteiger partial charge in [-0.1, -0.05) is 29.3 Å². The zero-order chi connectivity index (χ0) is 12.4. The Balaban J connectivity index is 2.69. The summed E-state index contributed by atoms with van der Waals surface area (Å²) in [6.07, 6.45) is 1.98. The van der Waals surface area contributed by atoms with Crippen molar-refractivity contribution < 1.29 is 4.39 Å². The summed E-state index contributed by atoms with van der Waals surface area (Å²) in [5, 5.41) is 3.86. The highest BCUT2D eigenvalue weighted by molar-refractivity contribution is 9.10. The number of halogens is 2. The van der Waals surface area contributed by atoms with Crippen LogP contribution in [0, 0.1) is 5.82 Å². The van der Waals surface area contributed by atoms with Crippen molar-refractivity contribution in [2.75, 3.05) is 12.4 Å². The fourth-order valence-corrected chi connectivity index (χ4v) is 2.38. The average molecular weight is 297 g/mol. The van der Waals surface area contributed by atoms with Crippen molar-refractivity contribution in [3.05, 3.63) is 34.1 Å². The standard InChI is InChI=1S/C13H14BrFN2/c1-3-4-8-5-9-6-10(14)7-11(15)12(9)17-13(8)16-2/h5-7H,3-4H2,1-2H3,(H,16,17). The number of fused-ring (bicyclic) bond motifs is 1. The number of nitrogens with zero attached hydrogens (tertiary/aromatic N) is 1. The molecule has 0 amide bonds. The molecule has 1 aromatic heterocycles. The maximum atomic E-state index is 13.8. The molecule has 90 valence electrons. The Morgan fingerprint density at radius 2 is 2.12 bits per heavy atom. The highest BCUT2D eigenvalue weighted by Crippen LogP contribution is 2.26. The maximum absolute atomic E-state index is 13.8. The van der Waals surface area contributed by atoms with E-state index >= 15 is 0 Å². The molecule has 2 nitrogen and oxygen atoms in total. The van der Waals surface area contributed by atoms with Gasteiger partial charge in [0.25, 0.3) is 0 Å². The number of hydrogen-bond donors (Lipinski definition) is 1. The van der Waals surface area contributed by atoms with Crippen LogP contribution in [0.15, 0.2) is 22.7 Å². The van der Waals surface area contributed by atoms with Gasteiger partial charge in [0.15, 0.2) is 5.82 Å². The summed E-state index contributed by atoms with van der Waals surface area (Å²) in [6.45, 7) is 2.12. The molecule has 2 aromatic rings. The van der Waals surface area contributed by atoms with Gasteiger partial charge in [0.1, 0.15) is 11.3 Å². The van der Waals surface area contributed by atoms with E-state index in [2.05, 4.69) is 33.2 Å². The van der Waals surface area contributed by atoms with Crippen LogP contribution in [0.3, 0.4) is 0 Å². The van der Waals surface area contributed by atoms with Crippen LogP contribution < -0.4 is 5.32 Å². The number of aryl methyl sites for hydroxylation is 1. The zero-order valence-electron chi connectivity index (χ0n) is 9.85. The average Bonchev–Trinajstić information content (AvgIpc) is 2.28. The van der Waals surface area contributed by atoms with Crippen molar-refractivity contribution in [2.45, 2.75) is 19.8 Å². The molecule has 0 aliphatic heterocycles. The molecule has 4 heteroatoms. The lowest BCUT2D eigenvalue weighted by Gasteiger charge is -2.10. The Kier molecular flexibility index (Phi) is 3.62. The van der Waals surface area contributed by atoms with Gasteiger partial charge in [-0.3, -0.25) is 0 Å². The maximum Gasteiger partial charge on any atom is 0.150 e. The van der Waals surface area contributed by atoms with E-state index in [-0.39, 0.29) is 5.82 Å². The van der Waals surface area contributed by atoms with Crippen molar-refractivity contribution in [3.8, 4) is 0 Å². The molecule has 0 unspecified atom stereocenters. The van der Waals surface area contributed by atoms with Crippen LogP contribution in [0.5, 0.6) is 0 Å². The van der Waals surface area contributed by atoms with E-state index in [0.29, 0.717) is 5.52 Å². The Morgan fingerprint density at radius 3 is 2.76 bits per heavy atom. The molecule has 0 fully saturated rings. The molecule has 0 radical (unpaired) electrons. The molecular formula is C13H14BrFN2. The van der Waals surface area contributed by atoms with Crippen LogP contribution in [-0.2, 0) is 6.42 Å². The van der Waals surface area contributed by atoms with Crippen molar-refractivity contribution >= 4 is 32.7 Å². The molecule has 0 aliphatic rings. The van der Waals surface area contributed by atoms with Crippen molar-refractivity contribution in [3.63, 3.8) is 0 Å². The van der Waals surface area contributed by atoms with Gasteiger partial charge in [0.2, 0.25) is 0 Å². The smallest absolute Gasteiger partial charge is 0.150 e. The monoisotopic (exact) mass is 296 g/mol. The third-order valence-electron chi connectivity index (χ3n) is 2.67. The molecule has 0 saturated carbocycles. The predicted octanol–water partition coefficient (Wildman–Crippen LogP) is 4.13. The van der Waals surface area contributed by atoms with Crippen molar-refractivity contribution in [2.24, 2.45) is 0 Å². The van der Waals surface area contributed by atoms with E-state index in [9.17, 15) is 4.39 Å². The molecular weight excluding hydrogens is 283 g/mol. The minimum absolute atomic E-state index is 0.297. The quantitative estimate of drug-likeness (QED) is 0.921. The number of hydrogen-bond acceptors (Lipinski definition) is 2. The molecule has 1 N–H and O–H groups in total. The molecule has 0 atom stereocenters. The van der Waals surface area contributed by atoms with Crippen LogP contribution in [0.25, 0.3) is 10.9 Å². The fourth-order valence-electron chi connectivity index (χ4n) is 1.93. The molecule has 17 heavy (non-hydrogen) atoms. The number of nitrogens with one attached hydrogen (secondary N) is 1. The summed E-state index contributed by atoms with van der Waals surface area (Å²) in [6, 6.07) is 5.34. The van der Waals surface area contributed by atoms with E-state index in [1.807, 2.05) is 19.2 Å². The van der Waals surface area contributed by atoms with Crippen LogP contribution in [0.2, 0.25) is 0 Å². The van der Waals surface area contributed by atoms with Crippen molar-refractivity contribution in [1.82, 2.24) is 4.98 Å². The molecule has 0 aliphatic carbocycles. The molecule has 1 aromatic carbocycles. The Bertz CT molecular complexity index is 555. The Morgan fingerprint density at radius 1 is 1.35 bits per heavy atom. The lowest BCUT2D eigenvalue weighted by atomic mass is 10.1. The molecule has 0 spiro atoms. The molecule has 0 bridgehead atoms. The Labute approximate surface area is 108 Å². The first kappa shape index (κ1) is 12.3. The normalized spacial score (nSPS) is 10.8. The number of aromatic nitrogens is 1. The van der Waals surface area contributed by atoms with E-state index in [4.69, 9.17) is 0 Å². The summed E-state index contributed by atoms with van der Waals surface area (Å²) < 4.78 is 14.5. The van der Waals surface area contributed by atoms with Gasteiger partial charge in [-0.2, -0.15) is 0 Å². The second-order valence-corrected chi connectivity index (χ2v) is 4.87. The van der Waals surface area contributed by atoms with Crippen LogP contribution in [-0.4, -0.2) is 12.0 Å². The van der Waals surface area contributed by atoms with Crippen LogP contribution in [0.4, 0.5) is 10.2 Å². The largest absolute Gasteiger partial charge is 0.373 e. The first-order valence-electron chi connectivity index (χ1n) is 5.62. The highest BCUT2D eigenvalue weighted by atomic mass is 79.9. The summed E-state index contributed by atoms with van der Waals surface area (Å²) >= 11 is 3.30. The first-order valence-corrected chi connectivity index (χ1v) is 6.41. The number of pyridine rings is 1. The summed E-state index contributed by atoms with van der Waals surface area (Å²) in [7, 11) is 1.81. The number of benzene rings is 1. The minimum atomic E-state index is -0.297. The third-order valence-corrected chi connectivity index (χ3v) is 3.13. The second kappa shape index (κ2) is 5.00. The van der Waals surface area contributed by atoms with Gasteiger partial charge in [-0.15, -0.1) is 0 Å².